The van der Waals surface area contributed by atoms with Crippen LogP contribution in [0.4, 0.5) is 0 Å². The molecule has 0 bridgehead atoms. The fourth-order valence-electron chi connectivity index (χ4n) is 1.15. The van der Waals surface area contributed by atoms with Crippen molar-refractivity contribution < 1.29 is 0 Å². The molecule has 2 rings (SSSR count). The van der Waals surface area contributed by atoms with E-state index in [2.05, 4.69) is 20.3 Å². The van der Waals surface area contributed by atoms with Crippen LogP contribution in [-0.4, -0.2) is 26.6 Å². The van der Waals surface area contributed by atoms with Gasteiger partial charge in [0.05, 0.1) is 0 Å². The summed E-state index contributed by atoms with van der Waals surface area (Å²) >= 11 is 0. The zero-order valence-corrected chi connectivity index (χ0v) is 7.88. The number of hydrogen-bond donors (Lipinski definition) is 1. The van der Waals surface area contributed by atoms with Crippen molar-refractivity contribution in [2.24, 2.45) is 0 Å². The molecular formula is C9H11N5. The van der Waals surface area contributed by atoms with E-state index in [1.54, 1.807) is 29.5 Å². The molecule has 5 heteroatoms. The van der Waals surface area contributed by atoms with Gasteiger partial charge in [0.2, 0.25) is 5.95 Å². The molecule has 0 saturated heterocycles. The van der Waals surface area contributed by atoms with Crippen LogP contribution in [0.1, 0.15) is 5.56 Å². The lowest BCUT2D eigenvalue weighted by Crippen LogP contribution is -2.07. The van der Waals surface area contributed by atoms with Gasteiger partial charge in [0, 0.05) is 36.9 Å². The molecule has 0 unspecified atom stereocenters. The molecule has 14 heavy (non-hydrogen) atoms. The van der Waals surface area contributed by atoms with Crippen molar-refractivity contribution in [2.75, 3.05) is 7.05 Å². The lowest BCUT2D eigenvalue weighted by Gasteiger charge is -2.01. The van der Waals surface area contributed by atoms with Crippen molar-refractivity contribution in [3.8, 4) is 5.95 Å². The summed E-state index contributed by atoms with van der Waals surface area (Å²) in [5.41, 5.74) is 1.07. The maximum atomic E-state index is 4.21. The van der Waals surface area contributed by atoms with Crippen molar-refractivity contribution in [1.29, 1.82) is 0 Å². The number of imidazole rings is 1. The fraction of sp³-hybridized carbons (Fsp3) is 0.222. The third-order valence-electron chi connectivity index (χ3n) is 1.81. The normalized spacial score (nSPS) is 10.4. The molecule has 0 aliphatic heterocycles. The van der Waals surface area contributed by atoms with E-state index < -0.39 is 0 Å². The van der Waals surface area contributed by atoms with Crippen molar-refractivity contribution >= 4 is 0 Å². The lowest BCUT2D eigenvalue weighted by atomic mass is 10.3. The summed E-state index contributed by atoms with van der Waals surface area (Å²) in [5, 5.41) is 3.04. The molecule has 2 aromatic heterocycles. The maximum absolute atomic E-state index is 4.21. The molecule has 0 fully saturated rings. The summed E-state index contributed by atoms with van der Waals surface area (Å²) in [6.45, 7) is 0.782. The van der Waals surface area contributed by atoms with Crippen LogP contribution in [0.5, 0.6) is 0 Å². The Balaban J connectivity index is 2.22. The highest BCUT2D eigenvalue weighted by Gasteiger charge is 1.98. The second kappa shape index (κ2) is 3.97. The third-order valence-corrected chi connectivity index (χ3v) is 1.81. The maximum Gasteiger partial charge on any atom is 0.234 e. The van der Waals surface area contributed by atoms with Crippen LogP contribution in [0, 0.1) is 0 Å². The molecule has 0 spiro atoms. The smallest absolute Gasteiger partial charge is 0.234 e. The molecule has 1 N–H and O–H groups in total. The molecule has 0 saturated carbocycles. The minimum Gasteiger partial charge on any atom is -0.316 e. The minimum atomic E-state index is 0.641. The quantitative estimate of drug-likeness (QED) is 0.758. The Morgan fingerprint density at radius 3 is 2.71 bits per heavy atom. The third kappa shape index (κ3) is 1.77. The number of nitrogens with one attached hydrogen (secondary N) is 1. The molecule has 2 aromatic rings. The van der Waals surface area contributed by atoms with E-state index in [-0.39, 0.29) is 0 Å². The fourth-order valence-corrected chi connectivity index (χ4v) is 1.15. The van der Waals surface area contributed by atoms with Gasteiger partial charge in [0.25, 0.3) is 0 Å². The number of rotatable bonds is 3. The van der Waals surface area contributed by atoms with E-state index in [4.69, 9.17) is 0 Å². The average molecular weight is 189 g/mol. The zero-order valence-electron chi connectivity index (χ0n) is 7.88. The van der Waals surface area contributed by atoms with Gasteiger partial charge < -0.3 is 5.32 Å². The summed E-state index contributed by atoms with van der Waals surface area (Å²) in [4.78, 5) is 12.4. The Morgan fingerprint density at radius 2 is 2.14 bits per heavy atom. The molecule has 0 radical (unpaired) electrons. The Labute approximate surface area is 81.8 Å². The zero-order chi connectivity index (χ0) is 9.80. The van der Waals surface area contributed by atoms with Crippen molar-refractivity contribution in [3.63, 3.8) is 0 Å². The van der Waals surface area contributed by atoms with Gasteiger partial charge in [-0.25, -0.2) is 15.0 Å². The molecular weight excluding hydrogens is 178 g/mol. The van der Waals surface area contributed by atoms with Gasteiger partial charge in [-0.2, -0.15) is 0 Å². The highest BCUT2D eigenvalue weighted by molar-refractivity contribution is 5.14. The summed E-state index contributed by atoms with van der Waals surface area (Å²) in [5.74, 6) is 0.641. The van der Waals surface area contributed by atoms with Crippen LogP contribution < -0.4 is 5.32 Å². The van der Waals surface area contributed by atoms with Gasteiger partial charge in [-0.3, -0.25) is 4.57 Å². The predicted molar refractivity (Wildman–Crippen MR) is 51.9 cm³/mol. The van der Waals surface area contributed by atoms with Gasteiger partial charge in [-0.15, -0.1) is 0 Å². The van der Waals surface area contributed by atoms with E-state index in [1.807, 2.05) is 13.2 Å². The van der Waals surface area contributed by atoms with E-state index in [0.717, 1.165) is 12.1 Å². The molecule has 5 nitrogen and oxygen atoms in total. The van der Waals surface area contributed by atoms with E-state index in [1.165, 1.54) is 0 Å². The van der Waals surface area contributed by atoms with Crippen LogP contribution in [0.25, 0.3) is 5.95 Å². The average Bonchev–Trinajstić information content (AvgIpc) is 2.72. The highest BCUT2D eigenvalue weighted by Crippen LogP contribution is 2.00. The Bertz CT molecular complexity index is 378. The topological polar surface area (TPSA) is 55.6 Å². The molecule has 0 atom stereocenters. The van der Waals surface area contributed by atoms with Crippen LogP contribution in [0.2, 0.25) is 0 Å². The molecule has 0 aromatic carbocycles. The summed E-state index contributed by atoms with van der Waals surface area (Å²) in [6, 6.07) is 0. The van der Waals surface area contributed by atoms with Crippen LogP contribution in [0.3, 0.4) is 0 Å². The van der Waals surface area contributed by atoms with E-state index in [9.17, 15) is 0 Å². The lowest BCUT2D eigenvalue weighted by molar-refractivity contribution is 0.798. The van der Waals surface area contributed by atoms with Gasteiger partial charge in [-0.05, 0) is 7.05 Å². The number of aromatic nitrogens is 4. The second-order valence-corrected chi connectivity index (χ2v) is 2.89. The number of nitrogens with zero attached hydrogens (tertiary/aromatic N) is 4. The standard InChI is InChI=1S/C9H11N5/c1-10-4-8-5-12-9(13-6-8)14-3-2-11-7-14/h2-3,5-7,10H,4H2,1H3. The van der Waals surface area contributed by atoms with Crippen molar-refractivity contribution in [3.05, 3.63) is 36.7 Å². The summed E-state index contributed by atoms with van der Waals surface area (Å²) in [6.07, 6.45) is 8.79. The number of hydrogen-bond acceptors (Lipinski definition) is 4. The summed E-state index contributed by atoms with van der Waals surface area (Å²) in [7, 11) is 1.89. The van der Waals surface area contributed by atoms with Gasteiger partial charge in [0.1, 0.15) is 6.33 Å². The summed E-state index contributed by atoms with van der Waals surface area (Å²) < 4.78 is 1.77. The predicted octanol–water partition coefficient (Wildman–Crippen LogP) is 0.382. The first kappa shape index (κ1) is 8.83. The van der Waals surface area contributed by atoms with Crippen LogP contribution in [0.15, 0.2) is 31.1 Å². The molecule has 0 amide bonds. The van der Waals surface area contributed by atoms with Gasteiger partial charge >= 0.3 is 0 Å². The Morgan fingerprint density at radius 1 is 1.36 bits per heavy atom. The van der Waals surface area contributed by atoms with Crippen molar-refractivity contribution in [2.45, 2.75) is 6.54 Å². The first-order valence-corrected chi connectivity index (χ1v) is 4.34. The van der Waals surface area contributed by atoms with E-state index in [0.29, 0.717) is 5.95 Å². The van der Waals surface area contributed by atoms with Crippen LogP contribution >= 0.6 is 0 Å². The van der Waals surface area contributed by atoms with Gasteiger partial charge in [-0.1, -0.05) is 0 Å². The Kier molecular flexibility index (Phi) is 2.51. The van der Waals surface area contributed by atoms with E-state index >= 15 is 0 Å². The van der Waals surface area contributed by atoms with Crippen LogP contribution in [-0.2, 0) is 6.54 Å². The molecule has 2 heterocycles. The largest absolute Gasteiger partial charge is 0.316 e. The SMILES string of the molecule is CNCc1cnc(-n2ccnc2)nc1. The van der Waals surface area contributed by atoms with Crippen molar-refractivity contribution in [1.82, 2.24) is 24.8 Å². The first-order chi connectivity index (χ1) is 6.90. The first-order valence-electron chi connectivity index (χ1n) is 4.34. The second-order valence-electron chi connectivity index (χ2n) is 2.89. The molecule has 0 aliphatic carbocycles. The molecule has 0 aliphatic rings. The highest BCUT2D eigenvalue weighted by atomic mass is 15.2. The Hall–Kier alpha value is -1.75. The van der Waals surface area contributed by atoms with Gasteiger partial charge in [0.15, 0.2) is 0 Å². The minimum absolute atomic E-state index is 0.641. The molecule has 72 valence electrons. The monoisotopic (exact) mass is 189 g/mol.